The van der Waals surface area contributed by atoms with Gasteiger partial charge < -0.3 is 15.4 Å². The first-order valence-electron chi connectivity index (χ1n) is 9.97. The van der Waals surface area contributed by atoms with E-state index in [9.17, 15) is 18.4 Å². The molecule has 0 unspecified atom stereocenters. The van der Waals surface area contributed by atoms with Crippen LogP contribution in [0.2, 0.25) is 0 Å². The molecule has 0 bridgehead atoms. The zero-order valence-electron chi connectivity index (χ0n) is 18.0. The number of benzene rings is 3. The van der Waals surface area contributed by atoms with Gasteiger partial charge in [0.15, 0.2) is 0 Å². The number of hydrogen-bond donors (Lipinski definition) is 2. The second kappa shape index (κ2) is 10.7. The number of carbonyl (C=O) groups excluding carboxylic acids is 2. The molecule has 0 heterocycles. The van der Waals surface area contributed by atoms with E-state index in [0.29, 0.717) is 11.1 Å². The average molecular weight is 460 g/mol. The Morgan fingerprint density at radius 3 is 1.85 bits per heavy atom. The minimum absolute atomic E-state index is 0.0229. The molecule has 0 aliphatic rings. The smallest absolute Gasteiger partial charge is 0.259 e. The molecule has 34 heavy (non-hydrogen) atoms. The molecular weight excluding hydrogens is 442 g/mol. The summed E-state index contributed by atoms with van der Waals surface area (Å²) in [6.07, 6.45) is 0.0797. The first-order valence-corrected chi connectivity index (χ1v) is 9.97. The van der Waals surface area contributed by atoms with Gasteiger partial charge in [0.2, 0.25) is 0 Å². The second-order valence-electron chi connectivity index (χ2n) is 7.12. The van der Waals surface area contributed by atoms with Crippen LogP contribution in [-0.4, -0.2) is 18.9 Å². The highest BCUT2D eigenvalue weighted by atomic mass is 19.1. The molecule has 3 rings (SSSR count). The van der Waals surface area contributed by atoms with E-state index in [0.717, 1.165) is 12.1 Å². The number of nitrogens with one attached hydrogen (secondary N) is 2. The van der Waals surface area contributed by atoms with Crippen molar-refractivity contribution in [2.24, 2.45) is 0 Å². The Labute approximate surface area is 194 Å². The average Bonchev–Trinajstić information content (AvgIpc) is 2.83. The third-order valence-corrected chi connectivity index (χ3v) is 4.83. The summed E-state index contributed by atoms with van der Waals surface area (Å²) in [5.74, 6) is -2.71. The molecule has 170 valence electrons. The van der Waals surface area contributed by atoms with Gasteiger partial charge in [-0.05, 0) is 53.6 Å². The van der Waals surface area contributed by atoms with E-state index >= 15 is 0 Å². The molecule has 2 amide bonds. The third-order valence-electron chi connectivity index (χ3n) is 4.83. The number of anilines is 2. The summed E-state index contributed by atoms with van der Waals surface area (Å²) in [7, 11) is 1.33. The molecule has 0 fully saturated rings. The van der Waals surface area contributed by atoms with Crippen LogP contribution in [0.5, 0.6) is 5.75 Å². The lowest BCUT2D eigenvalue weighted by Crippen LogP contribution is -2.17. The Balaban J connectivity index is 1.88. The van der Waals surface area contributed by atoms with E-state index in [1.807, 2.05) is 12.1 Å². The lowest BCUT2D eigenvalue weighted by atomic mass is 10.1. The van der Waals surface area contributed by atoms with Gasteiger partial charge in [-0.25, -0.2) is 8.78 Å². The number of carbonyl (C=O) groups is 2. The van der Waals surface area contributed by atoms with Crippen molar-refractivity contribution >= 4 is 23.2 Å². The molecule has 0 saturated heterocycles. The van der Waals surface area contributed by atoms with Gasteiger partial charge in [-0.1, -0.05) is 12.1 Å². The van der Waals surface area contributed by atoms with Crippen molar-refractivity contribution in [1.29, 1.82) is 10.5 Å². The lowest BCUT2D eigenvalue weighted by molar-refractivity contribution is 0.102. The lowest BCUT2D eigenvalue weighted by Gasteiger charge is -2.13. The van der Waals surface area contributed by atoms with Crippen LogP contribution in [0.3, 0.4) is 0 Å². The van der Waals surface area contributed by atoms with Crippen LogP contribution in [0.4, 0.5) is 20.2 Å². The number of rotatable bonds is 7. The van der Waals surface area contributed by atoms with Crippen molar-refractivity contribution in [3.8, 4) is 17.9 Å². The zero-order valence-corrected chi connectivity index (χ0v) is 18.0. The predicted molar refractivity (Wildman–Crippen MR) is 120 cm³/mol. The quantitative estimate of drug-likeness (QED) is 0.534. The molecule has 9 heteroatoms. The molecule has 3 aromatic carbocycles. The highest BCUT2D eigenvalue weighted by Gasteiger charge is 2.19. The minimum atomic E-state index is -0.748. The van der Waals surface area contributed by atoms with Crippen LogP contribution in [0, 0.1) is 34.3 Å². The van der Waals surface area contributed by atoms with Crippen LogP contribution in [0.25, 0.3) is 0 Å². The third kappa shape index (κ3) is 5.53. The molecule has 0 aliphatic carbocycles. The molecular formula is C25H18F2N4O3. The van der Waals surface area contributed by atoms with Crippen molar-refractivity contribution in [3.63, 3.8) is 0 Å². The number of halogens is 2. The van der Waals surface area contributed by atoms with Crippen molar-refractivity contribution in [3.05, 3.63) is 88.5 Å². The summed E-state index contributed by atoms with van der Waals surface area (Å²) < 4.78 is 33.5. The Hall–Kier alpha value is -4.76. The largest absolute Gasteiger partial charge is 0.496 e. The number of nitriles is 2. The molecule has 0 saturated carbocycles. The molecule has 0 radical (unpaired) electrons. The predicted octanol–water partition coefficient (Wildman–Crippen LogP) is 4.61. The fourth-order valence-corrected chi connectivity index (χ4v) is 3.15. The minimum Gasteiger partial charge on any atom is -0.496 e. The first kappa shape index (κ1) is 23.9. The van der Waals surface area contributed by atoms with E-state index in [-0.39, 0.29) is 41.1 Å². The fourth-order valence-electron chi connectivity index (χ4n) is 3.15. The number of nitrogens with zero attached hydrogens (tertiary/aromatic N) is 2. The van der Waals surface area contributed by atoms with Gasteiger partial charge in [0, 0.05) is 5.56 Å². The molecule has 0 spiro atoms. The van der Waals surface area contributed by atoms with Gasteiger partial charge in [-0.3, -0.25) is 9.59 Å². The number of ether oxygens (including phenoxy) is 1. The van der Waals surface area contributed by atoms with Crippen molar-refractivity contribution in [2.45, 2.75) is 12.8 Å². The summed E-state index contributed by atoms with van der Waals surface area (Å²) >= 11 is 0. The van der Waals surface area contributed by atoms with Gasteiger partial charge in [-0.15, -0.1) is 0 Å². The van der Waals surface area contributed by atoms with Gasteiger partial charge in [-0.2, -0.15) is 10.5 Å². The highest BCUT2D eigenvalue weighted by Crippen LogP contribution is 2.24. The van der Waals surface area contributed by atoms with Gasteiger partial charge in [0.1, 0.15) is 17.4 Å². The molecule has 0 aromatic heterocycles. The zero-order chi connectivity index (χ0) is 24.7. The number of methoxy groups -OCH3 is 1. The SMILES string of the molecule is COc1ccc(C(=O)Nc2cc(CC#N)ccc2F)cc1C(=O)Nc1cc(CC#N)ccc1F. The van der Waals surface area contributed by atoms with Gasteiger partial charge in [0.05, 0.1) is 49.0 Å². The number of amides is 2. The molecule has 0 aliphatic heterocycles. The Kier molecular flexibility index (Phi) is 7.52. The maximum absolute atomic E-state index is 14.2. The Bertz CT molecular complexity index is 1340. The summed E-state index contributed by atoms with van der Waals surface area (Å²) in [6, 6.07) is 15.7. The van der Waals surface area contributed by atoms with E-state index in [1.165, 1.54) is 49.6 Å². The molecule has 0 atom stereocenters. The van der Waals surface area contributed by atoms with Crippen LogP contribution in [-0.2, 0) is 12.8 Å². The van der Waals surface area contributed by atoms with E-state index in [2.05, 4.69) is 10.6 Å². The monoisotopic (exact) mass is 460 g/mol. The van der Waals surface area contributed by atoms with Crippen LogP contribution >= 0.6 is 0 Å². The standard InChI is InChI=1S/C25H18F2N4O3/c1-34-23-7-4-17(24(32)30-21-12-15(8-10-28)2-5-19(21)26)14-18(23)25(33)31-22-13-16(9-11-29)3-6-20(22)27/h2-7,12-14H,8-9H2,1H3,(H,30,32)(H,31,33). The summed E-state index contributed by atoms with van der Waals surface area (Å²) in [6.45, 7) is 0. The van der Waals surface area contributed by atoms with E-state index in [1.54, 1.807) is 0 Å². The van der Waals surface area contributed by atoms with Gasteiger partial charge >= 0.3 is 0 Å². The van der Waals surface area contributed by atoms with E-state index in [4.69, 9.17) is 15.3 Å². The Morgan fingerprint density at radius 1 is 0.824 bits per heavy atom. The highest BCUT2D eigenvalue weighted by molar-refractivity contribution is 6.10. The topological polar surface area (TPSA) is 115 Å². The van der Waals surface area contributed by atoms with Crippen LogP contribution in [0.1, 0.15) is 31.8 Å². The van der Waals surface area contributed by atoms with E-state index < -0.39 is 23.4 Å². The molecule has 7 nitrogen and oxygen atoms in total. The Morgan fingerprint density at radius 2 is 1.35 bits per heavy atom. The normalized spacial score (nSPS) is 10.0. The molecule has 3 aromatic rings. The van der Waals surface area contributed by atoms with Gasteiger partial charge in [0.25, 0.3) is 11.8 Å². The van der Waals surface area contributed by atoms with Crippen LogP contribution in [0.15, 0.2) is 54.6 Å². The maximum atomic E-state index is 14.2. The summed E-state index contributed by atoms with van der Waals surface area (Å²) in [5, 5.41) is 22.5. The fraction of sp³-hybridized carbons (Fsp3) is 0.120. The first-order chi connectivity index (χ1) is 16.4. The summed E-state index contributed by atoms with van der Waals surface area (Å²) in [4.78, 5) is 25.6. The van der Waals surface area contributed by atoms with Crippen LogP contribution < -0.4 is 15.4 Å². The maximum Gasteiger partial charge on any atom is 0.259 e. The second-order valence-corrected chi connectivity index (χ2v) is 7.12. The van der Waals surface area contributed by atoms with Crippen molar-refractivity contribution in [1.82, 2.24) is 0 Å². The molecule has 2 N–H and O–H groups in total. The van der Waals surface area contributed by atoms with Crippen molar-refractivity contribution < 1.29 is 23.1 Å². The van der Waals surface area contributed by atoms with Crippen molar-refractivity contribution in [2.75, 3.05) is 17.7 Å². The summed E-state index contributed by atoms with van der Waals surface area (Å²) in [5.41, 5.74) is 0.755. The number of hydrogen-bond acceptors (Lipinski definition) is 5.